The average Bonchev–Trinajstić information content (AvgIpc) is 3.26. The maximum atomic E-state index is 14.6. The van der Waals surface area contributed by atoms with Crippen molar-refractivity contribution in [1.82, 2.24) is 20.5 Å². The van der Waals surface area contributed by atoms with Gasteiger partial charge in [-0.05, 0) is 36.4 Å². The molecule has 5 rings (SSSR count). The van der Waals surface area contributed by atoms with E-state index >= 15 is 0 Å². The lowest BCUT2D eigenvalue weighted by Gasteiger charge is -2.29. The van der Waals surface area contributed by atoms with E-state index in [1.54, 1.807) is 30.5 Å². The lowest BCUT2D eigenvalue weighted by molar-refractivity contribution is 0.102. The highest BCUT2D eigenvalue weighted by Gasteiger charge is 2.18. The maximum Gasteiger partial charge on any atom is 0.256 e. The smallest absolute Gasteiger partial charge is 0.256 e. The predicted molar refractivity (Wildman–Crippen MR) is 125 cm³/mol. The van der Waals surface area contributed by atoms with E-state index in [0.29, 0.717) is 33.7 Å². The normalized spacial score (nSPS) is 13.8. The van der Waals surface area contributed by atoms with E-state index in [9.17, 15) is 9.18 Å². The molecule has 4 aromatic rings. The molecule has 3 heterocycles. The standard InChI is InChI=1S/C24H23FN6O2/c1-33-21-7-3-6-18(25)22(21)19-13-17-20(14-27-19)29-30-23(17)28-24(32)15-4-2-5-16(12-15)31-10-8-26-9-11-31/h2-7,12-14,26H,8-11H2,1H3,(H2,28,29,30,32). The summed E-state index contributed by atoms with van der Waals surface area (Å²) in [5.74, 6) is 0.00409. The summed E-state index contributed by atoms with van der Waals surface area (Å²) in [7, 11) is 1.48. The van der Waals surface area contributed by atoms with Gasteiger partial charge in [0, 0.05) is 42.8 Å². The van der Waals surface area contributed by atoms with Crippen LogP contribution in [0.2, 0.25) is 0 Å². The third-order valence-electron chi connectivity index (χ3n) is 5.72. The molecule has 1 amide bonds. The van der Waals surface area contributed by atoms with Crippen molar-refractivity contribution in [3.05, 3.63) is 66.1 Å². The fraction of sp³-hybridized carbons (Fsp3) is 0.208. The zero-order valence-corrected chi connectivity index (χ0v) is 18.1. The largest absolute Gasteiger partial charge is 0.496 e. The lowest BCUT2D eigenvalue weighted by Crippen LogP contribution is -2.43. The van der Waals surface area contributed by atoms with Gasteiger partial charge in [-0.2, -0.15) is 5.10 Å². The second kappa shape index (κ2) is 8.87. The Morgan fingerprint density at radius 3 is 2.79 bits per heavy atom. The summed E-state index contributed by atoms with van der Waals surface area (Å²) in [4.78, 5) is 19.6. The van der Waals surface area contributed by atoms with Gasteiger partial charge in [0.1, 0.15) is 11.6 Å². The molecule has 0 radical (unpaired) electrons. The van der Waals surface area contributed by atoms with Crippen LogP contribution < -0.4 is 20.3 Å². The van der Waals surface area contributed by atoms with Crippen molar-refractivity contribution >= 4 is 28.3 Å². The first-order valence-corrected chi connectivity index (χ1v) is 10.7. The molecule has 8 nitrogen and oxygen atoms in total. The number of benzene rings is 2. The van der Waals surface area contributed by atoms with Crippen molar-refractivity contribution < 1.29 is 13.9 Å². The molecule has 2 aromatic heterocycles. The first-order chi connectivity index (χ1) is 16.1. The topological polar surface area (TPSA) is 95.2 Å². The fourth-order valence-corrected chi connectivity index (χ4v) is 4.02. The van der Waals surface area contributed by atoms with Crippen LogP contribution in [0.15, 0.2) is 54.7 Å². The van der Waals surface area contributed by atoms with Gasteiger partial charge in [0.15, 0.2) is 5.82 Å². The molecule has 1 aliphatic rings. The predicted octanol–water partition coefficient (Wildman–Crippen LogP) is 3.43. The summed E-state index contributed by atoms with van der Waals surface area (Å²) in [6.45, 7) is 3.62. The molecule has 33 heavy (non-hydrogen) atoms. The number of aromatic nitrogens is 3. The summed E-state index contributed by atoms with van der Waals surface area (Å²) in [6, 6.07) is 13.8. The Balaban J connectivity index is 1.44. The number of fused-ring (bicyclic) bond motifs is 1. The van der Waals surface area contributed by atoms with Gasteiger partial charge in [0.25, 0.3) is 5.91 Å². The number of methoxy groups -OCH3 is 1. The number of hydrogen-bond donors (Lipinski definition) is 3. The Morgan fingerprint density at radius 2 is 1.97 bits per heavy atom. The summed E-state index contributed by atoms with van der Waals surface area (Å²) in [5, 5.41) is 13.9. The second-order valence-electron chi connectivity index (χ2n) is 7.75. The monoisotopic (exact) mass is 446 g/mol. The van der Waals surface area contributed by atoms with Crippen LogP contribution in [0.3, 0.4) is 0 Å². The van der Waals surface area contributed by atoms with Gasteiger partial charge in [0.2, 0.25) is 0 Å². The minimum absolute atomic E-state index is 0.254. The molecule has 0 spiro atoms. The number of anilines is 2. The summed E-state index contributed by atoms with van der Waals surface area (Å²) in [6.07, 6.45) is 1.56. The molecule has 0 unspecified atom stereocenters. The van der Waals surface area contributed by atoms with Crippen LogP contribution in [0.1, 0.15) is 10.4 Å². The highest BCUT2D eigenvalue weighted by Crippen LogP contribution is 2.33. The Morgan fingerprint density at radius 1 is 1.15 bits per heavy atom. The minimum atomic E-state index is -0.444. The Hall–Kier alpha value is -3.98. The molecule has 1 saturated heterocycles. The van der Waals surface area contributed by atoms with Gasteiger partial charge in [0.05, 0.1) is 30.1 Å². The van der Waals surface area contributed by atoms with Gasteiger partial charge in [-0.3, -0.25) is 14.9 Å². The molecule has 0 atom stereocenters. The number of H-pyrrole nitrogens is 1. The molecular weight excluding hydrogens is 423 g/mol. The van der Waals surface area contributed by atoms with Crippen LogP contribution in [0.4, 0.5) is 15.9 Å². The molecular formula is C24H23FN6O2. The van der Waals surface area contributed by atoms with E-state index in [-0.39, 0.29) is 11.5 Å². The highest BCUT2D eigenvalue weighted by atomic mass is 19.1. The number of pyridine rings is 1. The van der Waals surface area contributed by atoms with Crippen LogP contribution in [0.5, 0.6) is 5.75 Å². The maximum absolute atomic E-state index is 14.6. The van der Waals surface area contributed by atoms with Crippen LogP contribution in [-0.2, 0) is 0 Å². The molecule has 3 N–H and O–H groups in total. The number of rotatable bonds is 5. The molecule has 9 heteroatoms. The molecule has 1 aliphatic heterocycles. The van der Waals surface area contributed by atoms with E-state index in [1.807, 2.05) is 18.2 Å². The zero-order chi connectivity index (χ0) is 22.8. The van der Waals surface area contributed by atoms with Crippen LogP contribution in [0.25, 0.3) is 22.2 Å². The summed E-state index contributed by atoms with van der Waals surface area (Å²) >= 11 is 0. The van der Waals surface area contributed by atoms with Gasteiger partial charge in [-0.25, -0.2) is 4.39 Å². The lowest BCUT2D eigenvalue weighted by atomic mass is 10.1. The molecule has 168 valence electrons. The number of nitrogens with one attached hydrogen (secondary N) is 3. The SMILES string of the molecule is COc1cccc(F)c1-c1cc2c(NC(=O)c3cccc(N4CCNCC4)c3)n[nH]c2cn1. The van der Waals surface area contributed by atoms with Gasteiger partial charge < -0.3 is 20.3 Å². The number of halogens is 1. The average molecular weight is 446 g/mol. The number of carbonyl (C=O) groups excluding carboxylic acids is 1. The first-order valence-electron chi connectivity index (χ1n) is 10.7. The summed E-state index contributed by atoms with van der Waals surface area (Å²) in [5.41, 5.74) is 2.81. The van der Waals surface area contributed by atoms with E-state index in [1.165, 1.54) is 13.2 Å². The van der Waals surface area contributed by atoms with E-state index < -0.39 is 5.82 Å². The number of carbonyl (C=O) groups is 1. The van der Waals surface area contributed by atoms with Gasteiger partial charge in [-0.15, -0.1) is 0 Å². The summed E-state index contributed by atoms with van der Waals surface area (Å²) < 4.78 is 19.9. The van der Waals surface area contributed by atoms with Crippen molar-refractivity contribution in [2.45, 2.75) is 0 Å². The Kier molecular flexibility index (Phi) is 5.62. The number of hydrogen-bond acceptors (Lipinski definition) is 6. The third kappa shape index (κ3) is 4.10. The second-order valence-corrected chi connectivity index (χ2v) is 7.75. The first kappa shape index (κ1) is 20.9. The molecule has 1 fully saturated rings. The van der Waals surface area contributed by atoms with Crippen molar-refractivity contribution in [2.75, 3.05) is 43.5 Å². The van der Waals surface area contributed by atoms with Crippen molar-refractivity contribution in [3.8, 4) is 17.0 Å². The Bertz CT molecular complexity index is 1320. The molecule has 0 bridgehead atoms. The van der Waals surface area contributed by atoms with Crippen LogP contribution in [0, 0.1) is 5.82 Å². The molecule has 2 aromatic carbocycles. The van der Waals surface area contributed by atoms with Gasteiger partial charge in [-0.1, -0.05) is 12.1 Å². The van der Waals surface area contributed by atoms with E-state index in [4.69, 9.17) is 4.74 Å². The van der Waals surface area contributed by atoms with Gasteiger partial charge >= 0.3 is 0 Å². The number of aromatic amines is 1. The number of piperazine rings is 1. The molecule has 0 aliphatic carbocycles. The zero-order valence-electron chi connectivity index (χ0n) is 18.1. The van der Waals surface area contributed by atoms with E-state index in [0.717, 1.165) is 31.9 Å². The quantitative estimate of drug-likeness (QED) is 0.435. The highest BCUT2D eigenvalue weighted by molar-refractivity contribution is 6.08. The van der Waals surface area contributed by atoms with Crippen molar-refractivity contribution in [1.29, 1.82) is 0 Å². The van der Waals surface area contributed by atoms with Crippen molar-refractivity contribution in [3.63, 3.8) is 0 Å². The number of amides is 1. The van der Waals surface area contributed by atoms with Crippen molar-refractivity contribution in [2.24, 2.45) is 0 Å². The number of ether oxygens (including phenoxy) is 1. The number of nitrogens with zero attached hydrogens (tertiary/aromatic N) is 3. The Labute approximate surface area is 189 Å². The van der Waals surface area contributed by atoms with E-state index in [2.05, 4.69) is 30.7 Å². The third-order valence-corrected chi connectivity index (χ3v) is 5.72. The van der Waals surface area contributed by atoms with Crippen LogP contribution >= 0.6 is 0 Å². The fourth-order valence-electron chi connectivity index (χ4n) is 4.02. The van der Waals surface area contributed by atoms with Crippen LogP contribution in [-0.4, -0.2) is 54.4 Å². The minimum Gasteiger partial charge on any atom is -0.496 e. The molecule has 0 saturated carbocycles.